The van der Waals surface area contributed by atoms with Crippen LogP contribution in [0.2, 0.25) is 0 Å². The summed E-state index contributed by atoms with van der Waals surface area (Å²) in [5.41, 5.74) is 9.87. The van der Waals surface area contributed by atoms with E-state index >= 15 is 0 Å². The van der Waals surface area contributed by atoms with Crippen molar-refractivity contribution in [3.63, 3.8) is 0 Å². The Bertz CT molecular complexity index is 1300. The van der Waals surface area contributed by atoms with Gasteiger partial charge in [-0.15, -0.1) is 0 Å². The number of rotatable bonds is 23. The second-order valence-corrected chi connectivity index (χ2v) is 15.8. The van der Waals surface area contributed by atoms with Crippen LogP contribution in [0.5, 0.6) is 0 Å². The molecule has 0 aromatic rings. The molecule has 2 rings (SSSR count). The minimum Gasteiger partial charge on any atom is -0.388 e. The molecule has 2 heterocycles. The lowest BCUT2D eigenvalue weighted by atomic mass is 10.0. The summed E-state index contributed by atoms with van der Waals surface area (Å²) >= 11 is 0. The topological polar surface area (TPSA) is 138 Å². The van der Waals surface area contributed by atoms with E-state index < -0.39 is 49.2 Å². The predicted molar refractivity (Wildman–Crippen MR) is 218 cm³/mol. The normalized spacial score (nSPS) is 28.1. The van der Waals surface area contributed by atoms with Crippen LogP contribution in [0.3, 0.4) is 0 Å². The van der Waals surface area contributed by atoms with Gasteiger partial charge in [0.2, 0.25) is 0 Å². The van der Waals surface area contributed by atoms with Gasteiger partial charge < -0.3 is 44.5 Å². The Morgan fingerprint density at radius 1 is 0.463 bits per heavy atom. The Kier molecular flexibility index (Phi) is 23.7. The zero-order chi connectivity index (χ0) is 40.0. The number of ether oxygens (including phenoxy) is 4. The van der Waals surface area contributed by atoms with E-state index in [-0.39, 0.29) is 19.8 Å². The lowest BCUT2D eigenvalue weighted by Gasteiger charge is -2.41. The third kappa shape index (κ3) is 19.6. The molecule has 2 fully saturated rings. The molecule has 9 nitrogen and oxygen atoms in total. The van der Waals surface area contributed by atoms with Gasteiger partial charge in [-0.25, -0.2) is 0 Å². The average Bonchev–Trinajstić information content (AvgIpc) is 3.11. The Labute approximate surface area is 326 Å². The van der Waals surface area contributed by atoms with E-state index in [2.05, 4.69) is 84.9 Å². The number of allylic oxidation sites excluding steroid dienone is 13. The van der Waals surface area contributed by atoms with Crippen molar-refractivity contribution < 1.29 is 44.5 Å². The van der Waals surface area contributed by atoms with Gasteiger partial charge >= 0.3 is 0 Å². The van der Waals surface area contributed by atoms with Gasteiger partial charge in [0.05, 0.1) is 19.8 Å². The highest BCUT2D eigenvalue weighted by molar-refractivity contribution is 5.09. The van der Waals surface area contributed by atoms with E-state index in [0.29, 0.717) is 0 Å². The summed E-state index contributed by atoms with van der Waals surface area (Å²) in [7, 11) is 0. The van der Waals surface area contributed by atoms with E-state index in [0.717, 1.165) is 82.6 Å². The monoisotopic (exact) mass is 759 g/mol. The largest absolute Gasteiger partial charge is 0.388 e. The van der Waals surface area contributed by atoms with Gasteiger partial charge in [0.15, 0.2) is 12.6 Å². The molecule has 2 saturated heterocycles. The summed E-state index contributed by atoms with van der Waals surface area (Å²) in [6, 6.07) is 0. The van der Waals surface area contributed by atoms with Crippen molar-refractivity contribution in [1.29, 1.82) is 0 Å². The Hall–Kier alpha value is -2.18. The quantitative estimate of drug-likeness (QED) is 0.0653. The Balaban J connectivity index is 1.59. The molecular formula is C45H74O9. The molecular weight excluding hydrogens is 684 g/mol. The fourth-order valence-corrected chi connectivity index (χ4v) is 6.32. The molecule has 0 spiro atoms. The summed E-state index contributed by atoms with van der Waals surface area (Å²) in [6.45, 7) is 17.5. The molecule has 0 bridgehead atoms. The second-order valence-electron chi connectivity index (χ2n) is 15.8. The lowest BCUT2D eigenvalue weighted by molar-refractivity contribution is -0.327. The van der Waals surface area contributed by atoms with Crippen LogP contribution < -0.4 is 0 Å². The first-order valence-electron chi connectivity index (χ1n) is 20.2. The lowest BCUT2D eigenvalue weighted by Crippen LogP contribution is -2.59. The predicted octanol–water partition coefficient (Wildman–Crippen LogP) is 8.23. The maximum Gasteiger partial charge on any atom is 0.186 e. The molecule has 54 heavy (non-hydrogen) atoms. The van der Waals surface area contributed by atoms with Crippen molar-refractivity contribution >= 4 is 0 Å². The van der Waals surface area contributed by atoms with Gasteiger partial charge in [-0.3, -0.25) is 0 Å². The van der Waals surface area contributed by atoms with E-state index in [1.807, 2.05) is 13.0 Å². The van der Waals surface area contributed by atoms with Crippen molar-refractivity contribution in [2.24, 2.45) is 0 Å². The summed E-state index contributed by atoms with van der Waals surface area (Å²) in [5, 5.41) is 50.6. The van der Waals surface area contributed by atoms with E-state index in [4.69, 9.17) is 18.9 Å². The number of hydrogen-bond acceptors (Lipinski definition) is 9. The summed E-state index contributed by atoms with van der Waals surface area (Å²) < 4.78 is 22.0. The molecule has 0 aliphatic carbocycles. The van der Waals surface area contributed by atoms with Crippen LogP contribution in [0, 0.1) is 0 Å². The van der Waals surface area contributed by atoms with Crippen molar-refractivity contribution in [3.8, 4) is 0 Å². The van der Waals surface area contributed by atoms with Gasteiger partial charge in [0.1, 0.15) is 36.6 Å². The highest BCUT2D eigenvalue weighted by Gasteiger charge is 2.44. The molecule has 2 aliphatic rings. The fraction of sp³-hybridized carbons (Fsp3) is 0.689. The van der Waals surface area contributed by atoms with Gasteiger partial charge in [-0.2, -0.15) is 0 Å². The van der Waals surface area contributed by atoms with Crippen LogP contribution in [-0.4, -0.2) is 94.6 Å². The molecule has 308 valence electrons. The number of aliphatic hydroxyl groups excluding tert-OH is 5. The Morgan fingerprint density at radius 2 is 0.833 bits per heavy atom. The molecule has 0 unspecified atom stereocenters. The minimum atomic E-state index is -1.50. The van der Waals surface area contributed by atoms with Crippen LogP contribution in [-0.2, 0) is 18.9 Å². The van der Waals surface area contributed by atoms with Crippen molar-refractivity contribution in [2.75, 3.05) is 19.8 Å². The molecule has 0 amide bonds. The Morgan fingerprint density at radius 3 is 1.26 bits per heavy atom. The highest BCUT2D eigenvalue weighted by atomic mass is 16.7. The molecule has 9 heteroatoms. The van der Waals surface area contributed by atoms with Gasteiger partial charge in [0, 0.05) is 0 Å². The first-order chi connectivity index (χ1) is 25.7. The van der Waals surface area contributed by atoms with Crippen LogP contribution in [0.1, 0.15) is 132 Å². The summed E-state index contributed by atoms with van der Waals surface area (Å²) in [4.78, 5) is 0. The van der Waals surface area contributed by atoms with Gasteiger partial charge in [-0.05, 0) is 132 Å². The second kappa shape index (κ2) is 26.6. The van der Waals surface area contributed by atoms with Crippen LogP contribution in [0.15, 0.2) is 81.5 Å². The maximum atomic E-state index is 10.5. The van der Waals surface area contributed by atoms with Crippen LogP contribution >= 0.6 is 0 Å². The summed E-state index contributed by atoms with van der Waals surface area (Å²) in [5.74, 6) is 0. The number of hydrogen-bond donors (Lipinski definition) is 5. The molecule has 2 aliphatic heterocycles. The zero-order valence-electron chi connectivity index (χ0n) is 34.6. The van der Waals surface area contributed by atoms with Crippen LogP contribution in [0.4, 0.5) is 0 Å². The first kappa shape index (κ1) is 48.0. The van der Waals surface area contributed by atoms with Crippen LogP contribution in [0.25, 0.3) is 0 Å². The standard InChI is InChI=1S/C45H74O9/c1-31(2)15-9-16-32(3)17-10-18-33(4)19-11-20-34(5)21-12-22-35(6)23-13-24-36(7)25-14-26-37(8)27-28-51-44-43(50)41(48)39(30-53-44)54-45-42(49)40(47)38(46)29-52-45/h15,17,19,21,23,25,27,38-50H,9-14,16,18,20,22,24,26,28-30H2,1-8H3/b32-17+,33-19+,34-21+,35-23+,36-25+,37-27+/t38-,39-,40+,41+,42-,43-,44-,45+/m1/s1. The first-order valence-corrected chi connectivity index (χ1v) is 20.2. The average molecular weight is 759 g/mol. The van der Waals surface area contributed by atoms with Gasteiger partial charge in [-0.1, -0.05) is 81.5 Å². The smallest absolute Gasteiger partial charge is 0.186 e. The molecule has 0 aromatic heterocycles. The van der Waals surface area contributed by atoms with E-state index in [1.165, 1.54) is 33.4 Å². The third-order valence-electron chi connectivity index (χ3n) is 10.1. The zero-order valence-corrected chi connectivity index (χ0v) is 34.6. The molecule has 5 N–H and O–H groups in total. The molecule has 0 aromatic carbocycles. The fourth-order valence-electron chi connectivity index (χ4n) is 6.32. The molecule has 8 atom stereocenters. The van der Waals surface area contributed by atoms with E-state index in [9.17, 15) is 25.5 Å². The minimum absolute atomic E-state index is 0.110. The summed E-state index contributed by atoms with van der Waals surface area (Å²) in [6.07, 6.45) is 18.9. The maximum absolute atomic E-state index is 10.5. The van der Waals surface area contributed by atoms with E-state index in [1.54, 1.807) is 0 Å². The van der Waals surface area contributed by atoms with Gasteiger partial charge in [0.25, 0.3) is 0 Å². The molecule has 0 saturated carbocycles. The van der Waals surface area contributed by atoms with Crippen molar-refractivity contribution in [3.05, 3.63) is 81.5 Å². The number of aliphatic hydroxyl groups is 5. The highest BCUT2D eigenvalue weighted by Crippen LogP contribution is 2.25. The third-order valence-corrected chi connectivity index (χ3v) is 10.1. The SMILES string of the molecule is CC(C)=CCC/C(C)=C/CC/C(C)=C/CC/C(C)=C/CC/C(C)=C/CC/C(C)=C/CC/C(C)=C/CO[C@@H]1OC[C@@H](O[C@@H]2OC[C@@H](O)[C@H](O)[C@H]2O)[C@H](O)[C@H]1O. The molecule has 0 radical (unpaired) electrons. The van der Waals surface area contributed by atoms with Crippen molar-refractivity contribution in [1.82, 2.24) is 0 Å². The van der Waals surface area contributed by atoms with Crippen molar-refractivity contribution in [2.45, 2.75) is 182 Å².